The number of rotatable bonds is 5. The first-order valence-corrected chi connectivity index (χ1v) is 8.19. The number of hydrogen-bond donors (Lipinski definition) is 1. The van der Waals surface area contributed by atoms with Gasteiger partial charge in [0.15, 0.2) is 23.3 Å². The van der Waals surface area contributed by atoms with E-state index in [1.807, 2.05) is 0 Å². The van der Waals surface area contributed by atoms with Crippen LogP contribution in [0.25, 0.3) is 0 Å². The van der Waals surface area contributed by atoms with Crippen molar-refractivity contribution in [2.75, 3.05) is 0 Å². The minimum atomic E-state index is -4.83. The first-order valence-electron chi connectivity index (χ1n) is 7.81. The topological polar surface area (TPSA) is 63.6 Å². The van der Waals surface area contributed by atoms with Crippen LogP contribution in [0.15, 0.2) is 11.1 Å². The number of carboxylic acid groups (broad SMARTS) is 1. The van der Waals surface area contributed by atoms with E-state index in [-0.39, 0.29) is 0 Å². The normalized spacial score (nSPS) is 21.1. The van der Waals surface area contributed by atoms with Crippen molar-refractivity contribution < 1.29 is 50.2 Å². The molecule has 0 radical (unpaired) electrons. The number of allylic oxidation sites excluding steroid dienone is 2. The second-order valence-electron chi connectivity index (χ2n) is 6.86. The average molecular weight is 449 g/mol. The third kappa shape index (κ3) is 4.19. The van der Waals surface area contributed by atoms with Crippen molar-refractivity contribution in [3.05, 3.63) is 45.5 Å². The summed E-state index contributed by atoms with van der Waals surface area (Å²) in [5.41, 5.74) is -4.26. The maximum absolute atomic E-state index is 13.9. The number of esters is 1. The van der Waals surface area contributed by atoms with E-state index in [1.165, 1.54) is 13.8 Å². The van der Waals surface area contributed by atoms with Crippen LogP contribution in [-0.4, -0.2) is 23.2 Å². The highest BCUT2D eigenvalue weighted by atomic mass is 35.5. The fraction of sp³-hybridized carbons (Fsp3) is 0.412. The number of carbonyl (C=O) groups is 2. The number of alkyl halides is 3. The molecule has 160 valence electrons. The van der Waals surface area contributed by atoms with Crippen molar-refractivity contribution in [1.29, 1.82) is 0 Å². The van der Waals surface area contributed by atoms with Crippen molar-refractivity contribution in [1.82, 2.24) is 0 Å². The number of carboxylic acids is 1. The second kappa shape index (κ2) is 7.51. The Morgan fingerprint density at radius 1 is 1.10 bits per heavy atom. The molecule has 0 spiro atoms. The zero-order valence-corrected chi connectivity index (χ0v) is 15.4. The largest absolute Gasteiger partial charge is 0.477 e. The first-order chi connectivity index (χ1) is 13.1. The monoisotopic (exact) mass is 448 g/mol. The van der Waals surface area contributed by atoms with Gasteiger partial charge in [-0.3, -0.25) is 4.79 Å². The maximum Gasteiger partial charge on any atom is 0.426 e. The van der Waals surface area contributed by atoms with Crippen LogP contribution in [0, 0.1) is 40.5 Å². The minimum absolute atomic E-state index is 0.607. The van der Waals surface area contributed by atoms with Crippen LogP contribution in [0.5, 0.6) is 0 Å². The zero-order valence-electron chi connectivity index (χ0n) is 14.6. The lowest BCUT2D eigenvalue weighted by Crippen LogP contribution is -2.16. The number of aromatic carboxylic acids is 1. The number of halogens is 8. The quantitative estimate of drug-likeness (QED) is 0.394. The standard InChI is InChI=1S/C17H12ClF7O4/c1-16(2)6(3-7(18)17(23,24)25)9(16)15(28)29-4-5-10(19)12(21)8(14(26)27)13(22)11(5)20/h3,6,9H,4H2,1-2H3,(H,26,27). The summed E-state index contributed by atoms with van der Waals surface area (Å²) in [6.07, 6.45) is -4.22. The molecule has 12 heteroatoms. The van der Waals surface area contributed by atoms with E-state index in [9.17, 15) is 40.3 Å². The molecule has 1 aromatic carbocycles. The molecule has 1 saturated carbocycles. The zero-order chi connectivity index (χ0) is 22.5. The van der Waals surface area contributed by atoms with Crippen molar-refractivity contribution >= 4 is 23.5 Å². The lowest BCUT2D eigenvalue weighted by Gasteiger charge is -2.11. The molecular formula is C17H12ClF7O4. The molecular weight excluding hydrogens is 437 g/mol. The molecule has 1 aliphatic carbocycles. The highest BCUT2D eigenvalue weighted by Gasteiger charge is 2.62. The van der Waals surface area contributed by atoms with Gasteiger partial charge in [-0.05, 0) is 11.3 Å². The second-order valence-corrected chi connectivity index (χ2v) is 7.27. The predicted molar refractivity (Wildman–Crippen MR) is 83.8 cm³/mol. The SMILES string of the molecule is CC1(C)C(C=C(Cl)C(F)(F)F)C1C(=O)OCc1c(F)c(F)c(C(=O)O)c(F)c1F. The summed E-state index contributed by atoms with van der Waals surface area (Å²) in [7, 11) is 0. The van der Waals surface area contributed by atoms with Gasteiger partial charge in [0.25, 0.3) is 0 Å². The Balaban J connectivity index is 2.21. The van der Waals surface area contributed by atoms with Crippen LogP contribution in [0.2, 0.25) is 0 Å². The molecule has 2 unspecified atom stereocenters. The van der Waals surface area contributed by atoms with Gasteiger partial charge in [-0.25, -0.2) is 22.4 Å². The molecule has 2 rings (SSSR count). The molecule has 0 saturated heterocycles. The molecule has 1 N–H and O–H groups in total. The van der Waals surface area contributed by atoms with Gasteiger partial charge in [0.2, 0.25) is 0 Å². The molecule has 0 heterocycles. The summed E-state index contributed by atoms with van der Waals surface area (Å²) in [4.78, 5) is 22.8. The van der Waals surface area contributed by atoms with Gasteiger partial charge in [0.1, 0.15) is 17.2 Å². The number of hydrogen-bond acceptors (Lipinski definition) is 3. The van der Waals surface area contributed by atoms with E-state index in [4.69, 9.17) is 16.7 Å². The molecule has 0 aromatic heterocycles. The number of ether oxygens (including phenoxy) is 1. The summed E-state index contributed by atoms with van der Waals surface area (Å²) in [5.74, 6) is -14.1. The Labute approximate surface area is 163 Å². The van der Waals surface area contributed by atoms with Crippen molar-refractivity contribution in [2.24, 2.45) is 17.3 Å². The number of benzene rings is 1. The molecule has 1 fully saturated rings. The molecule has 1 aromatic rings. The van der Waals surface area contributed by atoms with E-state index in [1.54, 1.807) is 0 Å². The van der Waals surface area contributed by atoms with Gasteiger partial charge in [0.05, 0.1) is 11.5 Å². The van der Waals surface area contributed by atoms with Crippen LogP contribution < -0.4 is 0 Å². The predicted octanol–water partition coefficient (Wildman–Crippen LogP) is 4.94. The van der Waals surface area contributed by atoms with Crippen LogP contribution in [0.1, 0.15) is 29.8 Å². The molecule has 2 atom stereocenters. The molecule has 0 bridgehead atoms. The maximum atomic E-state index is 13.9. The Morgan fingerprint density at radius 3 is 2.00 bits per heavy atom. The van der Waals surface area contributed by atoms with Gasteiger partial charge in [-0.15, -0.1) is 0 Å². The van der Waals surface area contributed by atoms with E-state index < -0.39 is 81.4 Å². The lowest BCUT2D eigenvalue weighted by atomic mass is 10.1. The van der Waals surface area contributed by atoms with Gasteiger partial charge in [-0.2, -0.15) is 13.2 Å². The molecule has 0 aliphatic heterocycles. The third-order valence-corrected chi connectivity index (χ3v) is 5.03. The van der Waals surface area contributed by atoms with E-state index in [0.717, 1.165) is 0 Å². The summed E-state index contributed by atoms with van der Waals surface area (Å²) in [6, 6.07) is 0. The van der Waals surface area contributed by atoms with Gasteiger partial charge in [0, 0.05) is 0 Å². The highest BCUT2D eigenvalue weighted by Crippen LogP contribution is 2.60. The Kier molecular flexibility index (Phi) is 5.95. The van der Waals surface area contributed by atoms with E-state index >= 15 is 0 Å². The van der Waals surface area contributed by atoms with E-state index in [0.29, 0.717) is 6.08 Å². The van der Waals surface area contributed by atoms with Crippen molar-refractivity contribution in [3.63, 3.8) is 0 Å². The van der Waals surface area contributed by atoms with Crippen molar-refractivity contribution in [2.45, 2.75) is 26.6 Å². The van der Waals surface area contributed by atoms with Crippen LogP contribution in [0.4, 0.5) is 30.7 Å². The van der Waals surface area contributed by atoms with Gasteiger partial charge >= 0.3 is 18.1 Å². The van der Waals surface area contributed by atoms with Gasteiger partial charge in [-0.1, -0.05) is 31.5 Å². The highest BCUT2D eigenvalue weighted by molar-refractivity contribution is 6.30. The Bertz CT molecular complexity index is 879. The number of carbonyl (C=O) groups excluding carboxylic acids is 1. The minimum Gasteiger partial charge on any atom is -0.477 e. The fourth-order valence-corrected chi connectivity index (χ4v) is 3.05. The average Bonchev–Trinajstić information content (AvgIpc) is 3.12. The van der Waals surface area contributed by atoms with Crippen LogP contribution in [0.3, 0.4) is 0 Å². The Morgan fingerprint density at radius 2 is 1.59 bits per heavy atom. The smallest absolute Gasteiger partial charge is 0.426 e. The molecule has 29 heavy (non-hydrogen) atoms. The van der Waals surface area contributed by atoms with E-state index in [2.05, 4.69) is 4.74 Å². The lowest BCUT2D eigenvalue weighted by molar-refractivity contribution is -0.147. The summed E-state index contributed by atoms with van der Waals surface area (Å²) in [6.45, 7) is 1.53. The summed E-state index contributed by atoms with van der Waals surface area (Å²) < 4.78 is 97.3. The molecule has 4 nitrogen and oxygen atoms in total. The first kappa shape index (κ1) is 23.0. The summed E-state index contributed by atoms with van der Waals surface area (Å²) >= 11 is 5.13. The Hall–Kier alpha value is -2.30. The van der Waals surface area contributed by atoms with Gasteiger partial charge < -0.3 is 9.84 Å². The molecule has 0 amide bonds. The van der Waals surface area contributed by atoms with Crippen molar-refractivity contribution in [3.8, 4) is 0 Å². The van der Waals surface area contributed by atoms with Crippen LogP contribution >= 0.6 is 11.6 Å². The summed E-state index contributed by atoms with van der Waals surface area (Å²) in [5, 5.41) is 7.14. The van der Waals surface area contributed by atoms with Crippen LogP contribution in [-0.2, 0) is 16.1 Å². The third-order valence-electron chi connectivity index (χ3n) is 4.69. The fourth-order valence-electron chi connectivity index (χ4n) is 2.92. The molecule has 1 aliphatic rings.